The molecule has 4 rings (SSSR count). The SMILES string of the molecule is COc1ccc([C@@H]2CCCN2C(=O)c2cn3cc(C)ccc3n2)c(OC)c1. The van der Waals surface area contributed by atoms with Crippen molar-refractivity contribution in [2.75, 3.05) is 20.8 Å². The predicted molar refractivity (Wildman–Crippen MR) is 102 cm³/mol. The Kier molecular flexibility index (Phi) is 4.48. The predicted octanol–water partition coefficient (Wildman–Crippen LogP) is 3.64. The molecule has 0 radical (unpaired) electrons. The maximum atomic E-state index is 13.2. The van der Waals surface area contributed by atoms with E-state index in [-0.39, 0.29) is 11.9 Å². The van der Waals surface area contributed by atoms with Crippen LogP contribution in [0.5, 0.6) is 11.5 Å². The first kappa shape index (κ1) is 17.4. The topological polar surface area (TPSA) is 56.1 Å². The van der Waals surface area contributed by atoms with Crippen LogP contribution in [0.15, 0.2) is 42.7 Å². The van der Waals surface area contributed by atoms with Gasteiger partial charge in [0.2, 0.25) is 0 Å². The second-order valence-corrected chi connectivity index (χ2v) is 6.86. The van der Waals surface area contributed by atoms with Gasteiger partial charge in [-0.2, -0.15) is 0 Å². The molecule has 3 aromatic rings. The number of ether oxygens (including phenoxy) is 2. The minimum absolute atomic E-state index is 0.0232. The molecule has 1 amide bonds. The number of likely N-dealkylation sites (tertiary alicyclic amines) is 1. The van der Waals surface area contributed by atoms with Crippen molar-refractivity contribution in [2.24, 2.45) is 0 Å². The quantitative estimate of drug-likeness (QED) is 0.708. The van der Waals surface area contributed by atoms with Crippen LogP contribution >= 0.6 is 0 Å². The zero-order valence-corrected chi connectivity index (χ0v) is 15.8. The maximum absolute atomic E-state index is 13.2. The van der Waals surface area contributed by atoms with E-state index in [4.69, 9.17) is 9.47 Å². The van der Waals surface area contributed by atoms with Crippen LogP contribution in [0.1, 0.15) is 40.5 Å². The van der Waals surface area contributed by atoms with Gasteiger partial charge in [-0.15, -0.1) is 0 Å². The average molecular weight is 365 g/mol. The van der Waals surface area contributed by atoms with E-state index in [0.29, 0.717) is 12.2 Å². The molecule has 1 fully saturated rings. The third kappa shape index (κ3) is 3.12. The molecule has 1 saturated heterocycles. The fourth-order valence-electron chi connectivity index (χ4n) is 3.78. The van der Waals surface area contributed by atoms with E-state index in [9.17, 15) is 4.79 Å². The number of aromatic nitrogens is 2. The normalized spacial score (nSPS) is 16.7. The van der Waals surface area contributed by atoms with Gasteiger partial charge in [0.25, 0.3) is 5.91 Å². The first-order valence-corrected chi connectivity index (χ1v) is 9.09. The average Bonchev–Trinajstić information content (AvgIpc) is 3.33. The van der Waals surface area contributed by atoms with Gasteiger partial charge in [0.1, 0.15) is 22.8 Å². The summed E-state index contributed by atoms with van der Waals surface area (Å²) in [6.07, 6.45) is 5.65. The standard InChI is InChI=1S/C21H23N3O3/c1-14-6-9-20-22-17(13-23(20)12-14)21(25)24-10-4-5-18(24)16-8-7-15(26-2)11-19(16)27-3/h6-9,11-13,18H,4-5,10H2,1-3H3/t18-/m0/s1. The van der Waals surface area contributed by atoms with Gasteiger partial charge in [-0.05, 0) is 43.5 Å². The van der Waals surface area contributed by atoms with Crippen molar-refractivity contribution in [1.29, 1.82) is 0 Å². The van der Waals surface area contributed by atoms with Gasteiger partial charge in [-0.25, -0.2) is 4.98 Å². The number of pyridine rings is 1. The smallest absolute Gasteiger partial charge is 0.274 e. The minimum atomic E-state index is -0.0447. The van der Waals surface area contributed by atoms with Crippen LogP contribution in [0.4, 0.5) is 0 Å². The van der Waals surface area contributed by atoms with Gasteiger partial charge in [-0.3, -0.25) is 4.79 Å². The zero-order valence-electron chi connectivity index (χ0n) is 15.8. The molecule has 0 saturated carbocycles. The molecular weight excluding hydrogens is 342 g/mol. The Morgan fingerprint density at radius 1 is 1.15 bits per heavy atom. The Labute approximate surface area is 158 Å². The number of hydrogen-bond donors (Lipinski definition) is 0. The number of rotatable bonds is 4. The second-order valence-electron chi connectivity index (χ2n) is 6.86. The van der Waals surface area contributed by atoms with Gasteiger partial charge < -0.3 is 18.8 Å². The number of benzene rings is 1. The second kappa shape index (κ2) is 6.95. The molecule has 1 aromatic carbocycles. The van der Waals surface area contributed by atoms with Gasteiger partial charge in [0, 0.05) is 30.6 Å². The van der Waals surface area contributed by atoms with E-state index in [1.807, 2.05) is 58.9 Å². The van der Waals surface area contributed by atoms with Crippen molar-refractivity contribution >= 4 is 11.6 Å². The van der Waals surface area contributed by atoms with Crippen molar-refractivity contribution in [3.8, 4) is 11.5 Å². The van der Waals surface area contributed by atoms with E-state index >= 15 is 0 Å². The summed E-state index contributed by atoms with van der Waals surface area (Å²) in [6.45, 7) is 2.74. The lowest BCUT2D eigenvalue weighted by Crippen LogP contribution is -2.31. The number of carbonyl (C=O) groups excluding carboxylic acids is 1. The summed E-state index contributed by atoms with van der Waals surface area (Å²) in [4.78, 5) is 19.6. The van der Waals surface area contributed by atoms with Crippen LogP contribution in [0.25, 0.3) is 5.65 Å². The van der Waals surface area contributed by atoms with Crippen molar-refractivity contribution in [1.82, 2.24) is 14.3 Å². The highest BCUT2D eigenvalue weighted by molar-refractivity contribution is 5.93. The molecule has 0 N–H and O–H groups in total. The molecule has 1 atom stereocenters. The molecule has 6 nitrogen and oxygen atoms in total. The molecule has 2 aromatic heterocycles. The molecule has 0 spiro atoms. The first-order chi connectivity index (χ1) is 13.1. The van der Waals surface area contributed by atoms with E-state index in [2.05, 4.69) is 4.98 Å². The molecule has 140 valence electrons. The lowest BCUT2D eigenvalue weighted by molar-refractivity contribution is 0.0729. The third-order valence-corrected chi connectivity index (χ3v) is 5.13. The van der Waals surface area contributed by atoms with E-state index < -0.39 is 0 Å². The van der Waals surface area contributed by atoms with E-state index in [0.717, 1.165) is 41.1 Å². The van der Waals surface area contributed by atoms with Crippen molar-refractivity contribution in [2.45, 2.75) is 25.8 Å². The van der Waals surface area contributed by atoms with Crippen LogP contribution in [0, 0.1) is 6.92 Å². The lowest BCUT2D eigenvalue weighted by Gasteiger charge is -2.26. The Hall–Kier alpha value is -3.02. The summed E-state index contributed by atoms with van der Waals surface area (Å²) in [5.74, 6) is 1.43. The molecule has 3 heterocycles. The number of fused-ring (bicyclic) bond motifs is 1. The number of amides is 1. The fraction of sp³-hybridized carbons (Fsp3) is 0.333. The van der Waals surface area contributed by atoms with Gasteiger partial charge >= 0.3 is 0 Å². The molecule has 1 aliphatic heterocycles. The van der Waals surface area contributed by atoms with Gasteiger partial charge in [0.05, 0.1) is 20.3 Å². The first-order valence-electron chi connectivity index (χ1n) is 9.09. The van der Waals surface area contributed by atoms with Gasteiger partial charge in [-0.1, -0.05) is 6.07 Å². The molecule has 0 unspecified atom stereocenters. The fourth-order valence-corrected chi connectivity index (χ4v) is 3.78. The number of carbonyl (C=O) groups is 1. The number of methoxy groups -OCH3 is 2. The summed E-state index contributed by atoms with van der Waals surface area (Å²) in [5.41, 5.74) is 3.38. The van der Waals surface area contributed by atoms with Crippen LogP contribution in [0.3, 0.4) is 0 Å². The number of hydrogen-bond acceptors (Lipinski definition) is 4. The van der Waals surface area contributed by atoms with Crippen molar-refractivity contribution in [3.63, 3.8) is 0 Å². The Bertz CT molecular complexity index is 996. The van der Waals surface area contributed by atoms with Crippen LogP contribution in [-0.4, -0.2) is 41.0 Å². The summed E-state index contributed by atoms with van der Waals surface area (Å²) >= 11 is 0. The lowest BCUT2D eigenvalue weighted by atomic mass is 10.0. The summed E-state index contributed by atoms with van der Waals surface area (Å²) in [7, 11) is 3.27. The summed E-state index contributed by atoms with van der Waals surface area (Å²) < 4.78 is 12.7. The molecule has 1 aliphatic rings. The third-order valence-electron chi connectivity index (χ3n) is 5.13. The molecule has 6 heteroatoms. The maximum Gasteiger partial charge on any atom is 0.274 e. The van der Waals surface area contributed by atoms with Crippen molar-refractivity contribution in [3.05, 3.63) is 59.5 Å². The Morgan fingerprint density at radius 2 is 2.00 bits per heavy atom. The van der Waals surface area contributed by atoms with Crippen molar-refractivity contribution < 1.29 is 14.3 Å². The highest BCUT2D eigenvalue weighted by Gasteiger charge is 2.33. The van der Waals surface area contributed by atoms with Crippen LogP contribution in [-0.2, 0) is 0 Å². The summed E-state index contributed by atoms with van der Waals surface area (Å²) in [6, 6.07) is 9.67. The monoisotopic (exact) mass is 365 g/mol. The highest BCUT2D eigenvalue weighted by Crippen LogP contribution is 2.39. The molecule has 27 heavy (non-hydrogen) atoms. The number of imidazole rings is 1. The minimum Gasteiger partial charge on any atom is -0.497 e. The van der Waals surface area contributed by atoms with Crippen LogP contribution < -0.4 is 9.47 Å². The molecule has 0 aliphatic carbocycles. The number of nitrogens with zero attached hydrogens (tertiary/aromatic N) is 3. The largest absolute Gasteiger partial charge is 0.497 e. The molecule has 0 bridgehead atoms. The van der Waals surface area contributed by atoms with Crippen LogP contribution in [0.2, 0.25) is 0 Å². The highest BCUT2D eigenvalue weighted by atomic mass is 16.5. The Morgan fingerprint density at radius 3 is 2.78 bits per heavy atom. The van der Waals surface area contributed by atoms with E-state index in [1.165, 1.54) is 0 Å². The van der Waals surface area contributed by atoms with E-state index in [1.54, 1.807) is 14.2 Å². The zero-order chi connectivity index (χ0) is 19.0. The summed E-state index contributed by atoms with van der Waals surface area (Å²) in [5, 5.41) is 0. The number of aryl methyl sites for hydroxylation is 1. The van der Waals surface area contributed by atoms with Gasteiger partial charge in [0.15, 0.2) is 0 Å². The Balaban J connectivity index is 1.67. The molecular formula is C21H23N3O3.